The molecule has 0 bridgehead atoms. The van der Waals surface area contributed by atoms with E-state index >= 15 is 0 Å². The number of benzene rings is 2. The minimum absolute atomic E-state index is 0.119. The third-order valence-corrected chi connectivity index (χ3v) is 4.77. The molecule has 146 valence electrons. The Morgan fingerprint density at radius 1 is 1.21 bits per heavy atom. The quantitative estimate of drug-likeness (QED) is 0.745. The van der Waals surface area contributed by atoms with Crippen LogP contribution in [0.5, 0.6) is 0 Å². The van der Waals surface area contributed by atoms with E-state index in [1.165, 1.54) is 19.2 Å². The number of esters is 1. The molecule has 0 aliphatic carbocycles. The molecule has 3 rings (SSSR count). The first kappa shape index (κ1) is 19.4. The van der Waals surface area contributed by atoms with E-state index in [1.807, 2.05) is 30.3 Å². The summed E-state index contributed by atoms with van der Waals surface area (Å²) in [6.07, 6.45) is 0.550. The standard InChI is InChI=1S/C21H22N2O5/c1-28-19(24)12-18-20(25)23(10-9-14-5-3-2-4-6-14)13-16-8-7-15(21(26)27)11-17(16)22-18/h2-8,11,18,22H,9-10,12-13H2,1H3,(H,26,27)/t18-/m0/s1. The molecule has 0 spiro atoms. The Balaban J connectivity index is 1.87. The third kappa shape index (κ3) is 4.49. The van der Waals surface area contributed by atoms with Crippen molar-refractivity contribution in [1.29, 1.82) is 0 Å². The van der Waals surface area contributed by atoms with Gasteiger partial charge in [0.1, 0.15) is 6.04 Å². The summed E-state index contributed by atoms with van der Waals surface area (Å²) in [6.45, 7) is 0.827. The van der Waals surface area contributed by atoms with Crippen LogP contribution in [0, 0.1) is 0 Å². The molecule has 0 aromatic heterocycles. The summed E-state index contributed by atoms with van der Waals surface area (Å²) in [5, 5.41) is 12.3. The highest BCUT2D eigenvalue weighted by Crippen LogP contribution is 2.26. The smallest absolute Gasteiger partial charge is 0.335 e. The minimum atomic E-state index is -1.05. The maximum absolute atomic E-state index is 13.0. The topological polar surface area (TPSA) is 95.9 Å². The van der Waals surface area contributed by atoms with Crippen LogP contribution in [0.3, 0.4) is 0 Å². The first-order valence-electron chi connectivity index (χ1n) is 9.00. The predicted octanol–water partition coefficient (Wildman–Crippen LogP) is 2.31. The molecule has 0 saturated carbocycles. The number of fused-ring (bicyclic) bond motifs is 1. The molecule has 2 aromatic carbocycles. The molecule has 7 nitrogen and oxygen atoms in total. The average molecular weight is 382 g/mol. The number of aromatic carboxylic acids is 1. The fourth-order valence-corrected chi connectivity index (χ4v) is 3.22. The van der Waals surface area contributed by atoms with E-state index < -0.39 is 18.0 Å². The molecular formula is C21H22N2O5. The van der Waals surface area contributed by atoms with Crippen molar-refractivity contribution in [2.24, 2.45) is 0 Å². The van der Waals surface area contributed by atoms with Crippen LogP contribution in [0.4, 0.5) is 5.69 Å². The van der Waals surface area contributed by atoms with Gasteiger partial charge in [-0.05, 0) is 29.7 Å². The molecule has 7 heteroatoms. The Bertz CT molecular complexity index is 882. The summed E-state index contributed by atoms with van der Waals surface area (Å²) in [5.74, 6) is -1.77. The van der Waals surface area contributed by atoms with Gasteiger partial charge in [-0.3, -0.25) is 9.59 Å². The molecule has 0 saturated heterocycles. The Morgan fingerprint density at radius 2 is 1.96 bits per heavy atom. The van der Waals surface area contributed by atoms with Gasteiger partial charge in [-0.1, -0.05) is 36.4 Å². The molecule has 1 heterocycles. The Kier molecular flexibility index (Phi) is 5.93. The summed E-state index contributed by atoms with van der Waals surface area (Å²) in [7, 11) is 1.27. The number of ether oxygens (including phenoxy) is 1. The van der Waals surface area contributed by atoms with Gasteiger partial charge < -0.3 is 20.1 Å². The number of rotatable bonds is 6. The molecule has 0 radical (unpaired) electrons. The lowest BCUT2D eigenvalue weighted by Gasteiger charge is -2.24. The number of nitrogens with one attached hydrogen (secondary N) is 1. The summed E-state index contributed by atoms with van der Waals surface area (Å²) in [4.78, 5) is 37.8. The van der Waals surface area contributed by atoms with Crippen molar-refractivity contribution < 1.29 is 24.2 Å². The lowest BCUT2D eigenvalue weighted by atomic mass is 10.1. The zero-order chi connectivity index (χ0) is 20.1. The van der Waals surface area contributed by atoms with Gasteiger partial charge >= 0.3 is 11.9 Å². The van der Waals surface area contributed by atoms with E-state index in [-0.39, 0.29) is 17.9 Å². The second-order valence-electron chi connectivity index (χ2n) is 6.65. The average Bonchev–Trinajstić information content (AvgIpc) is 2.83. The van der Waals surface area contributed by atoms with Gasteiger partial charge in [-0.25, -0.2) is 4.79 Å². The molecule has 0 unspecified atom stereocenters. The molecule has 0 fully saturated rings. The second kappa shape index (κ2) is 8.56. The van der Waals surface area contributed by atoms with Crippen molar-refractivity contribution in [3.63, 3.8) is 0 Å². The van der Waals surface area contributed by atoms with Gasteiger partial charge in [-0.15, -0.1) is 0 Å². The van der Waals surface area contributed by atoms with Gasteiger partial charge in [0.25, 0.3) is 0 Å². The summed E-state index contributed by atoms with van der Waals surface area (Å²) >= 11 is 0. The lowest BCUT2D eigenvalue weighted by molar-refractivity contribution is -0.144. The minimum Gasteiger partial charge on any atom is -0.478 e. The highest BCUT2D eigenvalue weighted by Gasteiger charge is 2.31. The summed E-state index contributed by atoms with van der Waals surface area (Å²) in [6, 6.07) is 13.7. The number of carboxylic acid groups (broad SMARTS) is 1. The number of methoxy groups -OCH3 is 1. The van der Waals surface area contributed by atoms with Crippen LogP contribution in [0.2, 0.25) is 0 Å². The lowest BCUT2D eigenvalue weighted by Crippen LogP contribution is -2.42. The van der Waals surface area contributed by atoms with Crippen LogP contribution in [-0.4, -0.2) is 47.5 Å². The fraction of sp³-hybridized carbons (Fsp3) is 0.286. The molecular weight excluding hydrogens is 360 g/mol. The Hall–Kier alpha value is -3.35. The van der Waals surface area contributed by atoms with E-state index in [0.29, 0.717) is 25.2 Å². The number of hydrogen-bond acceptors (Lipinski definition) is 5. The van der Waals surface area contributed by atoms with Crippen LogP contribution in [-0.2, 0) is 27.3 Å². The van der Waals surface area contributed by atoms with E-state index in [2.05, 4.69) is 5.32 Å². The zero-order valence-corrected chi connectivity index (χ0v) is 15.6. The molecule has 2 N–H and O–H groups in total. The van der Waals surface area contributed by atoms with Crippen molar-refractivity contribution >= 4 is 23.5 Å². The molecule has 1 aliphatic heterocycles. The zero-order valence-electron chi connectivity index (χ0n) is 15.6. The number of carboxylic acids is 1. The first-order chi connectivity index (χ1) is 13.5. The van der Waals surface area contributed by atoms with E-state index in [9.17, 15) is 19.5 Å². The molecule has 1 aliphatic rings. The number of carbonyl (C=O) groups is 3. The molecule has 1 atom stereocenters. The second-order valence-corrected chi connectivity index (χ2v) is 6.65. The van der Waals surface area contributed by atoms with Gasteiger partial charge in [0.2, 0.25) is 5.91 Å². The van der Waals surface area contributed by atoms with Crippen LogP contribution in [0.1, 0.15) is 27.9 Å². The van der Waals surface area contributed by atoms with E-state index in [0.717, 1.165) is 11.1 Å². The van der Waals surface area contributed by atoms with Crippen LogP contribution in [0.25, 0.3) is 0 Å². The summed E-state index contributed by atoms with van der Waals surface area (Å²) in [5.41, 5.74) is 2.58. The Morgan fingerprint density at radius 3 is 2.64 bits per heavy atom. The number of amides is 1. The normalized spacial score (nSPS) is 16.0. The van der Waals surface area contributed by atoms with E-state index in [4.69, 9.17) is 4.74 Å². The molecule has 28 heavy (non-hydrogen) atoms. The van der Waals surface area contributed by atoms with Crippen molar-refractivity contribution in [2.75, 3.05) is 19.0 Å². The van der Waals surface area contributed by atoms with Crippen molar-refractivity contribution in [3.8, 4) is 0 Å². The van der Waals surface area contributed by atoms with Crippen LogP contribution >= 0.6 is 0 Å². The largest absolute Gasteiger partial charge is 0.478 e. The van der Waals surface area contributed by atoms with Crippen molar-refractivity contribution in [1.82, 2.24) is 4.90 Å². The maximum Gasteiger partial charge on any atom is 0.335 e. The van der Waals surface area contributed by atoms with Gasteiger partial charge in [0.15, 0.2) is 0 Å². The fourth-order valence-electron chi connectivity index (χ4n) is 3.22. The number of carbonyl (C=O) groups excluding carboxylic acids is 2. The molecule has 1 amide bonds. The number of nitrogens with zero attached hydrogens (tertiary/aromatic N) is 1. The van der Waals surface area contributed by atoms with Gasteiger partial charge in [0, 0.05) is 18.8 Å². The number of hydrogen-bond donors (Lipinski definition) is 2. The Labute approximate surface area is 162 Å². The number of anilines is 1. The van der Waals surface area contributed by atoms with Crippen LogP contribution in [0.15, 0.2) is 48.5 Å². The van der Waals surface area contributed by atoms with Crippen molar-refractivity contribution in [3.05, 3.63) is 65.2 Å². The van der Waals surface area contributed by atoms with Crippen molar-refractivity contribution in [2.45, 2.75) is 25.4 Å². The van der Waals surface area contributed by atoms with Gasteiger partial charge in [-0.2, -0.15) is 0 Å². The maximum atomic E-state index is 13.0. The SMILES string of the molecule is COC(=O)C[C@@H]1Nc2cc(C(=O)O)ccc2CN(CCc2ccccc2)C1=O. The monoisotopic (exact) mass is 382 g/mol. The summed E-state index contributed by atoms with van der Waals surface area (Å²) < 4.78 is 4.71. The highest BCUT2D eigenvalue weighted by molar-refractivity contribution is 5.92. The predicted molar refractivity (Wildman–Crippen MR) is 103 cm³/mol. The van der Waals surface area contributed by atoms with Gasteiger partial charge in [0.05, 0.1) is 19.1 Å². The third-order valence-electron chi connectivity index (χ3n) is 4.77. The molecule has 2 aromatic rings. The van der Waals surface area contributed by atoms with E-state index in [1.54, 1.807) is 11.0 Å². The first-order valence-corrected chi connectivity index (χ1v) is 9.00. The highest BCUT2D eigenvalue weighted by atomic mass is 16.5. The van der Waals surface area contributed by atoms with Crippen LogP contribution < -0.4 is 5.32 Å².